The fraction of sp³-hybridized carbons (Fsp3) is 0.393. The normalized spacial score (nSPS) is 24.0. The Morgan fingerprint density at radius 3 is 2.51 bits per heavy atom. The predicted molar refractivity (Wildman–Crippen MR) is 151 cm³/mol. The molecule has 3 N–H and O–H groups in total. The Balaban J connectivity index is 1.57. The van der Waals surface area contributed by atoms with Crippen LogP contribution in [-0.4, -0.2) is 57.3 Å². The van der Waals surface area contributed by atoms with E-state index in [0.717, 1.165) is 29.8 Å². The lowest BCUT2D eigenvalue weighted by Gasteiger charge is -2.25. The number of carbonyl (C=O) groups excluding carboxylic acids is 1. The molecule has 0 radical (unpaired) electrons. The van der Waals surface area contributed by atoms with E-state index >= 15 is 8.78 Å². The molecule has 0 bridgehead atoms. The molecule has 15 heteroatoms. The second-order valence-electron chi connectivity index (χ2n) is 10.4. The van der Waals surface area contributed by atoms with Crippen LogP contribution in [0, 0.1) is 5.82 Å². The number of aromatic nitrogens is 2. The average Bonchev–Trinajstić information content (AvgIpc) is 3.15. The van der Waals surface area contributed by atoms with Crippen molar-refractivity contribution in [1.82, 2.24) is 14.6 Å². The number of aliphatic hydroxyl groups excluding tert-OH is 1. The van der Waals surface area contributed by atoms with Gasteiger partial charge < -0.3 is 19.1 Å². The van der Waals surface area contributed by atoms with Crippen molar-refractivity contribution in [1.29, 1.82) is 0 Å². The van der Waals surface area contributed by atoms with E-state index < -0.39 is 73.6 Å². The summed E-state index contributed by atoms with van der Waals surface area (Å²) in [7, 11) is -4.58. The molecular weight excluding hydrogens is 591 g/mol. The maximum atomic E-state index is 15.6. The highest BCUT2D eigenvalue weighted by Crippen LogP contribution is 2.48. The van der Waals surface area contributed by atoms with Crippen LogP contribution in [0.4, 0.5) is 8.78 Å². The zero-order valence-electron chi connectivity index (χ0n) is 23.7. The maximum Gasteiger partial charge on any atom is 0.459 e. The number of hydrogen-bond acceptors (Lipinski definition) is 9. The number of nitrogens with one attached hydrogen (secondary N) is 2. The van der Waals surface area contributed by atoms with Gasteiger partial charge in [0, 0.05) is 23.9 Å². The highest BCUT2D eigenvalue weighted by Gasteiger charge is 2.56. The van der Waals surface area contributed by atoms with Gasteiger partial charge in [-0.25, -0.2) is 18.1 Å². The Morgan fingerprint density at radius 1 is 1.19 bits per heavy atom. The smallest absolute Gasteiger partial charge is 0.459 e. The zero-order chi connectivity index (χ0) is 31.5. The molecule has 2 aromatic carbocycles. The molecule has 1 aliphatic heterocycles. The number of ether oxygens (including phenoxy) is 2. The van der Waals surface area contributed by atoms with Crippen molar-refractivity contribution in [3.8, 4) is 16.9 Å². The van der Waals surface area contributed by atoms with Crippen LogP contribution in [0.15, 0.2) is 70.4 Å². The average molecular weight is 624 g/mol. The molecule has 1 fully saturated rings. The Bertz CT molecular complexity index is 1610. The van der Waals surface area contributed by atoms with Gasteiger partial charge in [-0.1, -0.05) is 30.3 Å². The van der Waals surface area contributed by atoms with Crippen LogP contribution in [-0.2, 0) is 23.4 Å². The fourth-order valence-electron chi connectivity index (χ4n) is 4.39. The number of rotatable bonds is 11. The number of H-pyrrole nitrogens is 1. The molecule has 0 spiro atoms. The summed E-state index contributed by atoms with van der Waals surface area (Å²) < 4.78 is 67.0. The first-order valence-electron chi connectivity index (χ1n) is 13.3. The SMILES string of the molecule is CC(C)OC(=O)C(C)NP(=O)(OC[C@H]1O[C@@H](n2ccc(=O)[nH]c2=O)[C@](C)(F)[C@@H]1O)Oc1ccc(-c2ccccc2)c(F)c1. The highest BCUT2D eigenvalue weighted by atomic mass is 31.2. The van der Waals surface area contributed by atoms with E-state index in [0.29, 0.717) is 5.56 Å². The van der Waals surface area contributed by atoms with Gasteiger partial charge in [0.05, 0.1) is 12.7 Å². The summed E-state index contributed by atoms with van der Waals surface area (Å²) in [5.41, 5.74) is -3.42. The molecule has 1 saturated heterocycles. The first-order chi connectivity index (χ1) is 20.2. The lowest BCUT2D eigenvalue weighted by Crippen LogP contribution is -2.43. The van der Waals surface area contributed by atoms with Gasteiger partial charge in [0.25, 0.3) is 5.56 Å². The van der Waals surface area contributed by atoms with E-state index in [1.165, 1.54) is 19.1 Å². The lowest BCUT2D eigenvalue weighted by molar-refractivity contribution is -0.149. The molecule has 1 aliphatic rings. The summed E-state index contributed by atoms with van der Waals surface area (Å²) in [6.07, 6.45) is -4.56. The van der Waals surface area contributed by atoms with Crippen LogP contribution in [0.25, 0.3) is 11.1 Å². The van der Waals surface area contributed by atoms with Crippen LogP contribution in [0.5, 0.6) is 5.75 Å². The molecule has 1 aromatic heterocycles. The number of nitrogens with zero attached hydrogens (tertiary/aromatic N) is 1. The Morgan fingerprint density at radius 2 is 1.88 bits per heavy atom. The number of hydrogen-bond donors (Lipinski definition) is 3. The van der Waals surface area contributed by atoms with Gasteiger partial charge in [-0.15, -0.1) is 0 Å². The van der Waals surface area contributed by atoms with Crippen molar-refractivity contribution in [3.05, 3.63) is 87.4 Å². The number of aromatic amines is 1. The molecule has 4 rings (SSSR count). The molecule has 2 unspecified atom stereocenters. The number of aliphatic hydroxyl groups is 1. The van der Waals surface area contributed by atoms with Crippen LogP contribution in [0.2, 0.25) is 0 Å². The lowest BCUT2D eigenvalue weighted by atomic mass is 9.98. The molecular formula is C28H32F2N3O9P. The predicted octanol–water partition coefficient (Wildman–Crippen LogP) is 3.46. The minimum absolute atomic E-state index is 0.224. The summed E-state index contributed by atoms with van der Waals surface area (Å²) in [6.45, 7) is 4.79. The summed E-state index contributed by atoms with van der Waals surface area (Å²) in [5, 5.41) is 13.1. The van der Waals surface area contributed by atoms with E-state index in [2.05, 4.69) is 5.09 Å². The van der Waals surface area contributed by atoms with Crippen molar-refractivity contribution in [2.45, 2.75) is 63.9 Å². The quantitative estimate of drug-likeness (QED) is 0.213. The molecule has 0 saturated carbocycles. The van der Waals surface area contributed by atoms with Crippen molar-refractivity contribution in [2.24, 2.45) is 0 Å². The molecule has 43 heavy (non-hydrogen) atoms. The minimum atomic E-state index is -4.58. The van der Waals surface area contributed by atoms with E-state index in [1.54, 1.807) is 44.2 Å². The van der Waals surface area contributed by atoms with Gasteiger partial charge in [-0.3, -0.25) is 23.7 Å². The van der Waals surface area contributed by atoms with Gasteiger partial charge in [0.15, 0.2) is 11.9 Å². The Hall–Kier alpha value is -3.68. The molecule has 12 nitrogen and oxygen atoms in total. The van der Waals surface area contributed by atoms with E-state index in [-0.39, 0.29) is 11.3 Å². The molecule has 2 heterocycles. The number of carbonyl (C=O) groups is 1. The van der Waals surface area contributed by atoms with E-state index in [1.807, 2.05) is 4.98 Å². The van der Waals surface area contributed by atoms with Crippen LogP contribution >= 0.6 is 7.75 Å². The third-order valence-electron chi connectivity index (χ3n) is 6.54. The summed E-state index contributed by atoms with van der Waals surface area (Å²) in [4.78, 5) is 38.1. The third kappa shape index (κ3) is 7.46. The van der Waals surface area contributed by atoms with E-state index in [9.17, 15) is 24.1 Å². The van der Waals surface area contributed by atoms with Crippen molar-refractivity contribution in [2.75, 3.05) is 6.61 Å². The topological polar surface area (TPSA) is 158 Å². The summed E-state index contributed by atoms with van der Waals surface area (Å²) in [5.74, 6) is -1.71. The van der Waals surface area contributed by atoms with Gasteiger partial charge in [-0.2, -0.15) is 5.09 Å². The molecule has 3 aromatic rings. The van der Waals surface area contributed by atoms with Crippen molar-refractivity contribution < 1.29 is 41.8 Å². The summed E-state index contributed by atoms with van der Waals surface area (Å²) in [6, 6.07) is 12.1. The van der Waals surface area contributed by atoms with E-state index in [4.69, 9.17) is 18.5 Å². The first kappa shape index (κ1) is 32.2. The second kappa shape index (κ2) is 12.9. The second-order valence-corrected chi connectivity index (χ2v) is 12.1. The monoisotopic (exact) mass is 623 g/mol. The van der Waals surface area contributed by atoms with Crippen molar-refractivity contribution in [3.63, 3.8) is 0 Å². The minimum Gasteiger partial charge on any atom is -0.462 e. The van der Waals surface area contributed by atoms with Crippen LogP contribution in [0.1, 0.15) is 33.9 Å². The third-order valence-corrected chi connectivity index (χ3v) is 8.18. The van der Waals surface area contributed by atoms with Gasteiger partial charge in [0.2, 0.25) is 0 Å². The number of esters is 1. The Kier molecular flexibility index (Phi) is 9.67. The van der Waals surface area contributed by atoms with Crippen molar-refractivity contribution >= 4 is 13.7 Å². The first-order valence-corrected chi connectivity index (χ1v) is 14.9. The Labute approximate surface area is 245 Å². The largest absolute Gasteiger partial charge is 0.462 e. The van der Waals surface area contributed by atoms with Crippen LogP contribution < -0.4 is 20.9 Å². The number of halogens is 2. The number of alkyl halides is 1. The van der Waals surface area contributed by atoms with Gasteiger partial charge in [0.1, 0.15) is 29.8 Å². The zero-order valence-corrected chi connectivity index (χ0v) is 24.6. The standard InChI is InChI=1S/C28H32F2N3O9P/c1-16(2)40-25(36)17(3)32-43(38,42-19-10-11-20(21(29)14-19)18-8-6-5-7-9-18)39-15-22-24(35)28(4,30)26(41-22)33-13-12-23(34)31-27(33)37/h5-14,16-17,22,24,26,35H,15H2,1-4H3,(H,32,38)(H,31,34,37)/t17?,22-,24-,26-,28-,43?/m1/s1. The highest BCUT2D eigenvalue weighted by molar-refractivity contribution is 7.52. The number of benzene rings is 2. The molecule has 0 aliphatic carbocycles. The molecule has 6 atom stereocenters. The maximum absolute atomic E-state index is 15.6. The molecule has 232 valence electrons. The fourth-order valence-corrected chi connectivity index (χ4v) is 5.89. The van der Waals surface area contributed by atoms with Gasteiger partial charge >= 0.3 is 19.4 Å². The van der Waals surface area contributed by atoms with Gasteiger partial charge in [-0.05, 0) is 45.4 Å². The van der Waals surface area contributed by atoms with Crippen LogP contribution in [0.3, 0.4) is 0 Å². The summed E-state index contributed by atoms with van der Waals surface area (Å²) >= 11 is 0. The molecule has 0 amide bonds.